The molecule has 86 valence electrons. The molecule has 0 atom stereocenters. The highest BCUT2D eigenvalue weighted by Gasteiger charge is 2.50. The number of ether oxygens (including phenoxy) is 1. The number of benzene rings is 1. The van der Waals surface area contributed by atoms with Gasteiger partial charge >= 0.3 is 5.97 Å². The third-order valence-electron chi connectivity index (χ3n) is 3.14. The van der Waals surface area contributed by atoms with Crippen LogP contribution in [0.15, 0.2) is 18.2 Å². The van der Waals surface area contributed by atoms with Gasteiger partial charge in [0, 0.05) is 0 Å². The largest absolute Gasteiger partial charge is 0.504 e. The molecule has 0 radical (unpaired) electrons. The van der Waals surface area contributed by atoms with Crippen molar-refractivity contribution in [2.24, 2.45) is 5.41 Å². The van der Waals surface area contributed by atoms with E-state index in [4.69, 9.17) is 9.84 Å². The number of carbonyl (C=O) groups is 1. The van der Waals surface area contributed by atoms with Gasteiger partial charge in [-0.2, -0.15) is 0 Å². The van der Waals surface area contributed by atoms with Crippen LogP contribution < -0.4 is 4.74 Å². The minimum atomic E-state index is -0.783. The van der Waals surface area contributed by atoms with Crippen LogP contribution in [0.2, 0.25) is 0 Å². The Morgan fingerprint density at radius 2 is 2.19 bits per heavy atom. The van der Waals surface area contributed by atoms with Crippen LogP contribution in [0.3, 0.4) is 0 Å². The summed E-state index contributed by atoms with van der Waals surface area (Å²) in [5, 5.41) is 18.9. The lowest BCUT2D eigenvalue weighted by molar-refractivity contribution is -0.143. The van der Waals surface area contributed by atoms with Crippen molar-refractivity contribution >= 4 is 5.97 Å². The third kappa shape index (κ3) is 1.71. The molecule has 4 nitrogen and oxygen atoms in total. The van der Waals surface area contributed by atoms with E-state index in [0.29, 0.717) is 30.6 Å². The van der Waals surface area contributed by atoms with Crippen LogP contribution in [0.5, 0.6) is 11.5 Å². The Hall–Kier alpha value is -1.71. The van der Waals surface area contributed by atoms with E-state index < -0.39 is 11.4 Å². The van der Waals surface area contributed by atoms with Gasteiger partial charge in [-0.1, -0.05) is 12.1 Å². The maximum absolute atomic E-state index is 11.0. The van der Waals surface area contributed by atoms with Crippen molar-refractivity contribution in [2.75, 3.05) is 7.11 Å². The van der Waals surface area contributed by atoms with Crippen molar-refractivity contribution in [2.45, 2.75) is 19.3 Å². The maximum Gasteiger partial charge on any atom is 0.309 e. The molecule has 16 heavy (non-hydrogen) atoms. The van der Waals surface area contributed by atoms with E-state index >= 15 is 0 Å². The molecule has 1 aliphatic rings. The number of rotatable bonds is 4. The summed E-state index contributed by atoms with van der Waals surface area (Å²) in [6.45, 7) is 0. The van der Waals surface area contributed by atoms with Crippen molar-refractivity contribution in [1.29, 1.82) is 0 Å². The number of phenolic OH excluding ortho intramolecular Hbond substituents is 1. The van der Waals surface area contributed by atoms with Gasteiger partial charge in [-0.15, -0.1) is 0 Å². The van der Waals surface area contributed by atoms with Crippen LogP contribution in [0.1, 0.15) is 18.4 Å². The van der Waals surface area contributed by atoms with Crippen molar-refractivity contribution in [1.82, 2.24) is 0 Å². The second kappa shape index (κ2) is 3.70. The number of hydrogen-bond donors (Lipinski definition) is 2. The van der Waals surface area contributed by atoms with E-state index in [1.165, 1.54) is 7.11 Å². The summed E-state index contributed by atoms with van der Waals surface area (Å²) >= 11 is 0. The molecule has 4 heteroatoms. The first kappa shape index (κ1) is 10.8. The van der Waals surface area contributed by atoms with Gasteiger partial charge in [0.15, 0.2) is 11.5 Å². The molecule has 0 heterocycles. The highest BCUT2D eigenvalue weighted by Crippen LogP contribution is 2.50. The smallest absolute Gasteiger partial charge is 0.309 e. The zero-order valence-corrected chi connectivity index (χ0v) is 9.06. The molecule has 0 amide bonds. The van der Waals surface area contributed by atoms with Crippen molar-refractivity contribution in [3.63, 3.8) is 0 Å². The van der Waals surface area contributed by atoms with Crippen LogP contribution in [0, 0.1) is 5.41 Å². The van der Waals surface area contributed by atoms with E-state index in [0.717, 1.165) is 0 Å². The van der Waals surface area contributed by atoms with Gasteiger partial charge in [-0.25, -0.2) is 0 Å². The zero-order valence-electron chi connectivity index (χ0n) is 9.06. The summed E-state index contributed by atoms with van der Waals surface area (Å²) in [7, 11) is 1.48. The Morgan fingerprint density at radius 1 is 1.50 bits per heavy atom. The van der Waals surface area contributed by atoms with Crippen LogP contribution >= 0.6 is 0 Å². The number of hydrogen-bond acceptors (Lipinski definition) is 3. The first-order chi connectivity index (χ1) is 7.59. The summed E-state index contributed by atoms with van der Waals surface area (Å²) < 4.78 is 4.98. The molecule has 1 aromatic rings. The number of aliphatic carboxylic acids is 1. The molecular weight excluding hydrogens is 208 g/mol. The molecule has 1 fully saturated rings. The molecule has 0 aliphatic heterocycles. The van der Waals surface area contributed by atoms with Crippen LogP contribution in [0.25, 0.3) is 0 Å². The minimum Gasteiger partial charge on any atom is -0.504 e. The van der Waals surface area contributed by atoms with Gasteiger partial charge < -0.3 is 14.9 Å². The van der Waals surface area contributed by atoms with Gasteiger partial charge in [0.25, 0.3) is 0 Å². The van der Waals surface area contributed by atoms with Gasteiger partial charge in [0.05, 0.1) is 12.5 Å². The van der Waals surface area contributed by atoms with E-state index in [1.807, 2.05) is 0 Å². The van der Waals surface area contributed by atoms with Crippen LogP contribution in [0.4, 0.5) is 0 Å². The van der Waals surface area contributed by atoms with E-state index in [-0.39, 0.29) is 5.75 Å². The Morgan fingerprint density at radius 3 is 2.69 bits per heavy atom. The second-order valence-corrected chi connectivity index (χ2v) is 4.23. The van der Waals surface area contributed by atoms with Crippen LogP contribution in [-0.4, -0.2) is 23.3 Å². The quantitative estimate of drug-likeness (QED) is 0.815. The highest BCUT2D eigenvalue weighted by molar-refractivity contribution is 5.78. The molecule has 2 rings (SSSR count). The molecule has 0 unspecified atom stereocenters. The summed E-state index contributed by atoms with van der Waals surface area (Å²) in [5.41, 5.74) is -0.0247. The lowest BCUT2D eigenvalue weighted by Crippen LogP contribution is -2.17. The predicted octanol–water partition coefficient (Wildman–Crippen LogP) is 1.81. The molecule has 1 saturated carbocycles. The summed E-state index contributed by atoms with van der Waals surface area (Å²) in [6.07, 6.45) is 1.73. The lowest BCUT2D eigenvalue weighted by Gasteiger charge is -2.12. The van der Waals surface area contributed by atoms with Crippen molar-refractivity contribution in [3.05, 3.63) is 23.8 Å². The molecule has 2 N–H and O–H groups in total. The average Bonchev–Trinajstić information content (AvgIpc) is 3.02. The number of methoxy groups -OCH3 is 1. The topological polar surface area (TPSA) is 66.8 Å². The molecule has 0 aromatic heterocycles. The molecule has 1 aromatic carbocycles. The number of carboxylic acid groups (broad SMARTS) is 1. The lowest BCUT2D eigenvalue weighted by atomic mass is 9.96. The van der Waals surface area contributed by atoms with Crippen LogP contribution in [-0.2, 0) is 11.2 Å². The highest BCUT2D eigenvalue weighted by atomic mass is 16.5. The number of para-hydroxylation sites is 1. The molecule has 0 spiro atoms. The Labute approximate surface area is 93.5 Å². The maximum atomic E-state index is 11.0. The van der Waals surface area contributed by atoms with E-state index in [2.05, 4.69) is 0 Å². The fraction of sp³-hybridized carbons (Fsp3) is 0.417. The summed E-state index contributed by atoms with van der Waals surface area (Å²) in [5.74, 6) is -0.342. The Bertz CT molecular complexity index is 421. The predicted molar refractivity (Wildman–Crippen MR) is 57.7 cm³/mol. The van der Waals surface area contributed by atoms with Gasteiger partial charge in [-0.3, -0.25) is 4.79 Å². The van der Waals surface area contributed by atoms with Gasteiger partial charge in [0.2, 0.25) is 0 Å². The summed E-state index contributed by atoms with van der Waals surface area (Å²) in [6, 6.07) is 5.14. The first-order valence-corrected chi connectivity index (χ1v) is 5.17. The number of carboxylic acids is 1. The molecule has 0 saturated heterocycles. The molecule has 0 bridgehead atoms. The Balaban J connectivity index is 2.25. The van der Waals surface area contributed by atoms with Crippen molar-refractivity contribution in [3.8, 4) is 11.5 Å². The van der Waals surface area contributed by atoms with Gasteiger partial charge in [0.1, 0.15) is 0 Å². The fourth-order valence-electron chi connectivity index (χ4n) is 1.86. The van der Waals surface area contributed by atoms with Gasteiger partial charge in [-0.05, 0) is 30.9 Å². The van der Waals surface area contributed by atoms with Crippen molar-refractivity contribution < 1.29 is 19.7 Å². The summed E-state index contributed by atoms with van der Waals surface area (Å²) in [4.78, 5) is 11.0. The normalized spacial score (nSPS) is 16.8. The number of phenols is 1. The Kier molecular flexibility index (Phi) is 2.50. The van der Waals surface area contributed by atoms with E-state index in [1.54, 1.807) is 18.2 Å². The average molecular weight is 222 g/mol. The molecule has 1 aliphatic carbocycles. The minimum absolute atomic E-state index is 0.0533. The standard InChI is InChI=1S/C12H14O4/c1-16-9-4-2-3-8(10(9)13)7-12(5-6-12)11(14)15/h2-4,13H,5-7H2,1H3,(H,14,15). The first-order valence-electron chi connectivity index (χ1n) is 5.17. The monoisotopic (exact) mass is 222 g/mol. The molecular formula is C12H14O4. The van der Waals surface area contributed by atoms with E-state index in [9.17, 15) is 9.90 Å². The SMILES string of the molecule is COc1cccc(CC2(C(=O)O)CC2)c1O. The second-order valence-electron chi connectivity index (χ2n) is 4.23. The zero-order chi connectivity index (χ0) is 11.8. The number of aromatic hydroxyl groups is 1. The fourth-order valence-corrected chi connectivity index (χ4v) is 1.86. The third-order valence-corrected chi connectivity index (χ3v) is 3.14.